The number of benzene rings is 1. The van der Waals surface area contributed by atoms with Crippen LogP contribution in [0, 0.1) is 18.8 Å². The van der Waals surface area contributed by atoms with Crippen LogP contribution in [-0.4, -0.2) is 24.1 Å². The first kappa shape index (κ1) is 31.2. The van der Waals surface area contributed by atoms with Gasteiger partial charge in [0, 0.05) is 0 Å². The first-order chi connectivity index (χ1) is 16.6. The fourth-order valence-electron chi connectivity index (χ4n) is 4.33. The van der Waals surface area contributed by atoms with E-state index in [4.69, 9.17) is 9.47 Å². The number of carbonyl (C=O) groups excluding carboxylic acids is 2. The molecule has 35 heavy (non-hydrogen) atoms. The van der Waals surface area contributed by atoms with Crippen LogP contribution in [0.4, 0.5) is 0 Å². The summed E-state index contributed by atoms with van der Waals surface area (Å²) in [5, 5.41) is 0. The van der Waals surface area contributed by atoms with E-state index in [0.29, 0.717) is 23.0 Å². The maximum atomic E-state index is 13.4. The van der Waals surface area contributed by atoms with Crippen LogP contribution in [-0.2, 0) is 15.9 Å². The zero-order chi connectivity index (χ0) is 26.4. The Morgan fingerprint density at radius 3 is 1.49 bits per heavy atom. The number of ether oxygens (including phenoxy) is 2. The van der Waals surface area contributed by atoms with Crippen molar-refractivity contribution in [3.63, 3.8) is 0 Å². The van der Waals surface area contributed by atoms with Crippen LogP contribution in [0.3, 0.4) is 0 Å². The first-order valence-electron chi connectivity index (χ1n) is 14.2. The highest BCUT2D eigenvalue weighted by atomic mass is 16.5. The molecule has 0 radical (unpaired) electrons. The van der Waals surface area contributed by atoms with Crippen molar-refractivity contribution in [1.82, 2.24) is 0 Å². The average Bonchev–Trinajstić information content (AvgIpc) is 2.81. The SMILES string of the molecule is CCCCC(CCC(C)C)OC(=O)c1cc(C)c(CC)cc1C(=O)OC(CCCC)CCC(C)C. The zero-order valence-corrected chi connectivity index (χ0v) is 23.9. The van der Waals surface area contributed by atoms with E-state index in [9.17, 15) is 9.59 Å². The molecule has 0 aliphatic carbocycles. The Kier molecular flexibility index (Phi) is 14.9. The molecule has 0 fully saturated rings. The van der Waals surface area contributed by atoms with Gasteiger partial charge < -0.3 is 9.47 Å². The van der Waals surface area contributed by atoms with E-state index >= 15 is 0 Å². The lowest BCUT2D eigenvalue weighted by Crippen LogP contribution is -2.24. The van der Waals surface area contributed by atoms with Crippen LogP contribution in [0.25, 0.3) is 0 Å². The number of rotatable bonds is 17. The third-order valence-corrected chi connectivity index (χ3v) is 6.74. The maximum Gasteiger partial charge on any atom is 0.339 e. The van der Waals surface area contributed by atoms with Crippen LogP contribution >= 0.6 is 0 Å². The highest BCUT2D eigenvalue weighted by molar-refractivity contribution is 6.03. The minimum atomic E-state index is -0.403. The van der Waals surface area contributed by atoms with Gasteiger partial charge >= 0.3 is 11.9 Å². The number of hydrogen-bond donors (Lipinski definition) is 0. The standard InChI is InChI=1S/C31H52O4/c1-9-12-14-26(18-16-22(4)5)34-30(32)28-20-24(8)25(11-3)21-29(28)31(33)35-27(15-13-10-2)19-17-23(6)7/h20-23,26-27H,9-19H2,1-8H3. The van der Waals surface area contributed by atoms with E-state index in [1.165, 1.54) is 0 Å². The molecule has 0 heterocycles. The van der Waals surface area contributed by atoms with E-state index in [2.05, 4.69) is 48.5 Å². The second kappa shape index (κ2) is 16.8. The lowest BCUT2D eigenvalue weighted by molar-refractivity contribution is 0.0195. The smallest absolute Gasteiger partial charge is 0.339 e. The van der Waals surface area contributed by atoms with Gasteiger partial charge in [0.2, 0.25) is 0 Å². The molecule has 2 atom stereocenters. The average molecular weight is 489 g/mol. The van der Waals surface area contributed by atoms with E-state index in [1.54, 1.807) is 0 Å². The molecule has 0 aromatic heterocycles. The van der Waals surface area contributed by atoms with Gasteiger partial charge in [-0.3, -0.25) is 0 Å². The predicted molar refractivity (Wildman–Crippen MR) is 146 cm³/mol. The van der Waals surface area contributed by atoms with Crippen molar-refractivity contribution < 1.29 is 19.1 Å². The molecule has 0 spiro atoms. The summed E-state index contributed by atoms with van der Waals surface area (Å²) >= 11 is 0. The summed E-state index contributed by atoms with van der Waals surface area (Å²) in [5.74, 6) is 0.310. The minimum Gasteiger partial charge on any atom is -0.459 e. The summed E-state index contributed by atoms with van der Waals surface area (Å²) in [6.45, 7) is 17.1. The van der Waals surface area contributed by atoms with Gasteiger partial charge in [-0.05, 0) is 87.0 Å². The normalized spacial score (nSPS) is 13.2. The summed E-state index contributed by atoms with van der Waals surface area (Å²) in [5.41, 5.74) is 2.75. The number of carbonyl (C=O) groups is 2. The molecule has 0 amide bonds. The lowest BCUT2D eigenvalue weighted by Gasteiger charge is -2.22. The first-order valence-corrected chi connectivity index (χ1v) is 14.2. The molecule has 1 rings (SSSR count). The van der Waals surface area contributed by atoms with Gasteiger partial charge in [-0.2, -0.15) is 0 Å². The van der Waals surface area contributed by atoms with Gasteiger partial charge in [-0.25, -0.2) is 9.59 Å². The Morgan fingerprint density at radius 1 is 0.686 bits per heavy atom. The van der Waals surface area contributed by atoms with Crippen LogP contribution in [0.1, 0.15) is 145 Å². The molecule has 200 valence electrons. The molecule has 0 saturated heterocycles. The van der Waals surface area contributed by atoms with Crippen molar-refractivity contribution in [2.24, 2.45) is 11.8 Å². The maximum absolute atomic E-state index is 13.4. The van der Waals surface area contributed by atoms with Crippen molar-refractivity contribution in [2.75, 3.05) is 0 Å². The molecule has 4 nitrogen and oxygen atoms in total. The molecule has 4 heteroatoms. The van der Waals surface area contributed by atoms with Crippen LogP contribution in [0.2, 0.25) is 0 Å². The summed E-state index contributed by atoms with van der Waals surface area (Å²) in [6.07, 6.45) is 10.2. The molecule has 0 N–H and O–H groups in total. The van der Waals surface area contributed by atoms with Crippen LogP contribution in [0.15, 0.2) is 12.1 Å². The third-order valence-electron chi connectivity index (χ3n) is 6.74. The summed E-state index contributed by atoms with van der Waals surface area (Å²) < 4.78 is 12.0. The Morgan fingerprint density at radius 2 is 1.11 bits per heavy atom. The highest BCUT2D eigenvalue weighted by Crippen LogP contribution is 2.24. The molecular formula is C31H52O4. The number of unbranched alkanes of at least 4 members (excludes halogenated alkanes) is 2. The minimum absolute atomic E-state index is 0.122. The van der Waals surface area contributed by atoms with Gasteiger partial charge in [0.25, 0.3) is 0 Å². The van der Waals surface area contributed by atoms with E-state index in [-0.39, 0.29) is 12.2 Å². The van der Waals surface area contributed by atoms with Gasteiger partial charge in [0.05, 0.1) is 11.1 Å². The molecule has 0 aliphatic rings. The van der Waals surface area contributed by atoms with Gasteiger partial charge in [0.1, 0.15) is 12.2 Å². The van der Waals surface area contributed by atoms with Crippen molar-refractivity contribution in [2.45, 2.75) is 138 Å². The van der Waals surface area contributed by atoms with Crippen molar-refractivity contribution >= 4 is 11.9 Å². The van der Waals surface area contributed by atoms with Crippen molar-refractivity contribution in [3.05, 3.63) is 34.4 Å². The van der Waals surface area contributed by atoms with Crippen molar-refractivity contribution in [1.29, 1.82) is 0 Å². The monoisotopic (exact) mass is 488 g/mol. The summed E-state index contributed by atoms with van der Waals surface area (Å²) in [4.78, 5) is 26.8. The molecule has 1 aromatic carbocycles. The fraction of sp³-hybridized carbons (Fsp3) is 0.742. The summed E-state index contributed by atoms with van der Waals surface area (Å²) in [7, 11) is 0. The Bertz CT molecular complexity index is 765. The molecule has 2 unspecified atom stereocenters. The molecule has 0 bridgehead atoms. The zero-order valence-electron chi connectivity index (χ0n) is 23.9. The fourth-order valence-corrected chi connectivity index (χ4v) is 4.33. The summed E-state index contributed by atoms with van der Waals surface area (Å²) in [6, 6.07) is 3.68. The van der Waals surface area contributed by atoms with E-state index < -0.39 is 11.9 Å². The largest absolute Gasteiger partial charge is 0.459 e. The van der Waals surface area contributed by atoms with Gasteiger partial charge in [-0.15, -0.1) is 0 Å². The van der Waals surface area contributed by atoms with E-state index in [1.807, 2.05) is 19.1 Å². The molecular weight excluding hydrogens is 436 g/mol. The molecule has 0 aliphatic heterocycles. The molecule has 0 saturated carbocycles. The lowest BCUT2D eigenvalue weighted by atomic mass is 9.97. The van der Waals surface area contributed by atoms with Crippen molar-refractivity contribution in [3.8, 4) is 0 Å². The highest BCUT2D eigenvalue weighted by Gasteiger charge is 2.26. The Balaban J connectivity index is 3.19. The Labute approximate surface area is 215 Å². The second-order valence-corrected chi connectivity index (χ2v) is 11.0. The Hall–Kier alpha value is -1.84. The van der Waals surface area contributed by atoms with Crippen LogP contribution in [0.5, 0.6) is 0 Å². The van der Waals surface area contributed by atoms with Crippen LogP contribution < -0.4 is 0 Å². The van der Waals surface area contributed by atoms with Gasteiger partial charge in [0.15, 0.2) is 0 Å². The third kappa shape index (κ3) is 11.6. The number of esters is 2. The van der Waals surface area contributed by atoms with Gasteiger partial charge in [-0.1, -0.05) is 74.1 Å². The predicted octanol–water partition coefficient (Wildman–Crippen LogP) is 8.86. The van der Waals surface area contributed by atoms with E-state index in [0.717, 1.165) is 81.8 Å². The topological polar surface area (TPSA) is 52.6 Å². The number of hydrogen-bond acceptors (Lipinski definition) is 4. The number of aryl methyl sites for hydroxylation is 2. The molecule has 1 aromatic rings. The second-order valence-electron chi connectivity index (χ2n) is 11.0. The quantitative estimate of drug-likeness (QED) is 0.205.